The molecule has 0 unspecified atom stereocenters. The summed E-state index contributed by atoms with van der Waals surface area (Å²) >= 11 is 16.7. The third-order valence-corrected chi connectivity index (χ3v) is 8.14. The maximum absolute atomic E-state index is 13.3. The number of hydrogen-bond acceptors (Lipinski definition) is 5. The van der Waals surface area contributed by atoms with E-state index in [9.17, 15) is 4.79 Å². The first-order valence-corrected chi connectivity index (χ1v) is 13.9. The minimum Gasteiger partial charge on any atom is -0.497 e. The third kappa shape index (κ3) is 5.72. The van der Waals surface area contributed by atoms with Crippen LogP contribution in [0.25, 0.3) is 17.0 Å². The van der Waals surface area contributed by atoms with Crippen molar-refractivity contribution in [2.45, 2.75) is 13.1 Å². The molecule has 0 saturated carbocycles. The fourth-order valence-electron chi connectivity index (χ4n) is 4.10. The topological polar surface area (TPSA) is 43.7 Å². The Morgan fingerprint density at radius 2 is 1.89 bits per heavy atom. The number of amides is 1. The molecule has 1 aliphatic rings. The van der Waals surface area contributed by atoms with Gasteiger partial charge in [0.25, 0.3) is 5.91 Å². The van der Waals surface area contributed by atoms with Crippen molar-refractivity contribution >= 4 is 78.7 Å². The molecule has 1 saturated heterocycles. The van der Waals surface area contributed by atoms with Gasteiger partial charge in [0.2, 0.25) is 0 Å². The van der Waals surface area contributed by atoms with Crippen LogP contribution in [0.3, 0.4) is 0 Å². The second-order valence-corrected chi connectivity index (χ2v) is 11.3. The highest BCUT2D eigenvalue weighted by molar-refractivity contribution is 9.10. The highest BCUT2D eigenvalue weighted by atomic mass is 79.9. The molecular weight excluding hydrogens is 592 g/mol. The first-order chi connectivity index (χ1) is 17.9. The van der Waals surface area contributed by atoms with Gasteiger partial charge in [0.05, 0.1) is 30.1 Å². The van der Waals surface area contributed by atoms with Crippen LogP contribution in [-0.4, -0.2) is 33.4 Å². The molecule has 37 heavy (non-hydrogen) atoms. The maximum Gasteiger partial charge on any atom is 0.266 e. The number of thiocarbonyl (C=S) groups is 1. The largest absolute Gasteiger partial charge is 0.497 e. The van der Waals surface area contributed by atoms with Crippen molar-refractivity contribution in [3.63, 3.8) is 0 Å². The monoisotopic (exact) mass is 612 g/mol. The predicted octanol–water partition coefficient (Wildman–Crippen LogP) is 7.55. The van der Waals surface area contributed by atoms with Crippen molar-refractivity contribution in [2.24, 2.45) is 0 Å². The summed E-state index contributed by atoms with van der Waals surface area (Å²) < 4.78 is 14.8. The molecule has 0 atom stereocenters. The third-order valence-electron chi connectivity index (χ3n) is 5.96. The van der Waals surface area contributed by atoms with Gasteiger partial charge in [0, 0.05) is 27.1 Å². The van der Waals surface area contributed by atoms with E-state index in [-0.39, 0.29) is 5.91 Å². The van der Waals surface area contributed by atoms with E-state index in [1.54, 1.807) is 12.0 Å². The Balaban J connectivity index is 1.38. The molecule has 1 aliphatic heterocycles. The van der Waals surface area contributed by atoms with Crippen LogP contribution in [0.2, 0.25) is 5.02 Å². The minimum atomic E-state index is -0.0937. The summed E-state index contributed by atoms with van der Waals surface area (Å²) in [6.07, 6.45) is 3.97. The molecule has 9 heteroatoms. The van der Waals surface area contributed by atoms with Crippen LogP contribution >= 0.6 is 51.5 Å². The fourth-order valence-corrected chi connectivity index (χ4v) is 5.90. The molecule has 1 aromatic heterocycles. The Kier molecular flexibility index (Phi) is 7.90. The number of benzene rings is 3. The number of aromatic nitrogens is 1. The number of thioether (sulfide) groups is 1. The van der Waals surface area contributed by atoms with Gasteiger partial charge in [-0.25, -0.2) is 0 Å². The van der Waals surface area contributed by atoms with Crippen molar-refractivity contribution in [3.05, 3.63) is 98.5 Å². The Morgan fingerprint density at radius 1 is 1.11 bits per heavy atom. The van der Waals surface area contributed by atoms with E-state index in [2.05, 4.69) is 32.6 Å². The minimum absolute atomic E-state index is 0.0937. The number of carbonyl (C=O) groups excluding carboxylic acids is 1. The molecule has 1 fully saturated rings. The number of carbonyl (C=O) groups is 1. The van der Waals surface area contributed by atoms with Crippen LogP contribution in [0, 0.1) is 0 Å². The van der Waals surface area contributed by atoms with Crippen LogP contribution in [0.15, 0.2) is 82.3 Å². The van der Waals surface area contributed by atoms with E-state index in [1.165, 1.54) is 11.8 Å². The fraction of sp³-hybridized carbons (Fsp3) is 0.143. The van der Waals surface area contributed by atoms with E-state index in [0.717, 1.165) is 32.3 Å². The molecular formula is C28H22BrClN2O3S2. The summed E-state index contributed by atoms with van der Waals surface area (Å²) in [5, 5.41) is 1.62. The second kappa shape index (κ2) is 11.3. The number of nitrogens with zero attached hydrogens (tertiary/aromatic N) is 2. The van der Waals surface area contributed by atoms with Crippen molar-refractivity contribution < 1.29 is 14.3 Å². The Bertz CT molecular complexity index is 1520. The zero-order valence-electron chi connectivity index (χ0n) is 19.8. The van der Waals surface area contributed by atoms with Crippen LogP contribution in [0.1, 0.15) is 11.1 Å². The molecule has 4 aromatic rings. The van der Waals surface area contributed by atoms with Crippen LogP contribution < -0.4 is 9.47 Å². The molecule has 5 nitrogen and oxygen atoms in total. The lowest BCUT2D eigenvalue weighted by molar-refractivity contribution is -0.122. The number of methoxy groups -OCH3 is 1. The van der Waals surface area contributed by atoms with E-state index < -0.39 is 0 Å². The number of rotatable bonds is 8. The van der Waals surface area contributed by atoms with Gasteiger partial charge in [-0.1, -0.05) is 75.8 Å². The van der Waals surface area contributed by atoms with Crippen molar-refractivity contribution in [1.82, 2.24) is 9.47 Å². The van der Waals surface area contributed by atoms with E-state index in [0.29, 0.717) is 39.7 Å². The van der Waals surface area contributed by atoms with E-state index >= 15 is 0 Å². The number of ether oxygens (including phenoxy) is 2. The SMILES string of the molecule is COc1ccc(CN2C(=O)/C(=C/c3cn(CCOc4ccccc4Cl)c4ccc(Br)cc34)SC2=S)cc1. The molecule has 0 radical (unpaired) electrons. The summed E-state index contributed by atoms with van der Waals surface area (Å²) in [4.78, 5) is 15.5. The lowest BCUT2D eigenvalue weighted by Gasteiger charge is -2.14. The van der Waals surface area contributed by atoms with Crippen molar-refractivity contribution in [1.29, 1.82) is 0 Å². The average Bonchev–Trinajstić information content (AvgIpc) is 3.36. The molecule has 0 bridgehead atoms. The summed E-state index contributed by atoms with van der Waals surface area (Å²) in [7, 11) is 1.63. The first kappa shape index (κ1) is 25.9. The highest BCUT2D eigenvalue weighted by Gasteiger charge is 2.32. The Hall–Kier alpha value is -2.78. The van der Waals surface area contributed by atoms with Gasteiger partial charge in [-0.15, -0.1) is 0 Å². The van der Waals surface area contributed by atoms with Gasteiger partial charge in [-0.3, -0.25) is 9.69 Å². The number of para-hydroxylation sites is 1. The normalized spacial score (nSPS) is 14.7. The van der Waals surface area contributed by atoms with Crippen molar-refractivity contribution in [3.8, 4) is 11.5 Å². The summed E-state index contributed by atoms with van der Waals surface area (Å²) in [6, 6.07) is 21.2. The smallest absolute Gasteiger partial charge is 0.266 e. The Labute approximate surface area is 238 Å². The van der Waals surface area contributed by atoms with Crippen LogP contribution in [-0.2, 0) is 17.9 Å². The molecule has 2 heterocycles. The lowest BCUT2D eigenvalue weighted by atomic mass is 10.1. The first-order valence-electron chi connectivity index (χ1n) is 11.5. The van der Waals surface area contributed by atoms with Gasteiger partial charge < -0.3 is 14.0 Å². The molecule has 188 valence electrons. The second-order valence-electron chi connectivity index (χ2n) is 8.33. The quantitative estimate of drug-likeness (QED) is 0.152. The van der Waals surface area contributed by atoms with E-state index in [4.69, 9.17) is 33.3 Å². The lowest BCUT2D eigenvalue weighted by Crippen LogP contribution is -2.27. The zero-order valence-corrected chi connectivity index (χ0v) is 23.8. The molecule has 1 amide bonds. The summed E-state index contributed by atoms with van der Waals surface area (Å²) in [5.41, 5.74) is 2.97. The van der Waals surface area contributed by atoms with Gasteiger partial charge in [-0.05, 0) is 54.1 Å². The predicted molar refractivity (Wildman–Crippen MR) is 158 cm³/mol. The van der Waals surface area contributed by atoms with Gasteiger partial charge >= 0.3 is 0 Å². The highest BCUT2D eigenvalue weighted by Crippen LogP contribution is 2.36. The average molecular weight is 614 g/mol. The molecule has 5 rings (SSSR count). The van der Waals surface area contributed by atoms with Gasteiger partial charge in [0.15, 0.2) is 0 Å². The molecule has 0 N–H and O–H groups in total. The summed E-state index contributed by atoms with van der Waals surface area (Å²) in [6.45, 7) is 1.49. The Morgan fingerprint density at radius 3 is 2.65 bits per heavy atom. The van der Waals surface area contributed by atoms with Crippen molar-refractivity contribution in [2.75, 3.05) is 13.7 Å². The molecule has 3 aromatic carbocycles. The standard InChI is InChI=1S/C28H22BrClN2O3S2/c1-34-21-9-6-18(7-10-21)16-32-27(33)26(37-28(32)36)14-19-17-31(24-11-8-20(29)15-22(19)24)12-13-35-25-5-3-2-4-23(25)30/h2-11,14-15,17H,12-13,16H2,1H3/b26-14-. The number of fused-ring (bicyclic) bond motifs is 1. The van der Waals surface area contributed by atoms with E-state index in [1.807, 2.05) is 66.9 Å². The zero-order chi connectivity index (χ0) is 25.9. The van der Waals surface area contributed by atoms with Gasteiger partial charge in [0.1, 0.15) is 22.4 Å². The van der Waals surface area contributed by atoms with Crippen LogP contribution in [0.4, 0.5) is 0 Å². The summed E-state index contributed by atoms with van der Waals surface area (Å²) in [5.74, 6) is 1.33. The van der Waals surface area contributed by atoms with Crippen LogP contribution in [0.5, 0.6) is 11.5 Å². The molecule has 0 aliphatic carbocycles. The number of halogens is 2. The molecule has 0 spiro atoms. The number of hydrogen-bond donors (Lipinski definition) is 0. The maximum atomic E-state index is 13.3. The van der Waals surface area contributed by atoms with Gasteiger partial charge in [-0.2, -0.15) is 0 Å².